The van der Waals surface area contributed by atoms with Crippen molar-refractivity contribution in [1.82, 2.24) is 4.90 Å². The number of carbonyl (C=O) groups is 4. The number of anilines is 2. The van der Waals surface area contributed by atoms with Crippen LogP contribution in [0, 0.1) is 11.3 Å². The summed E-state index contributed by atoms with van der Waals surface area (Å²) in [6.07, 6.45) is -8.61. The molecule has 1 aliphatic rings. The molecule has 12 nitrogen and oxygen atoms in total. The molecule has 15 heteroatoms. The van der Waals surface area contributed by atoms with E-state index in [-0.39, 0.29) is 35.7 Å². The van der Waals surface area contributed by atoms with E-state index in [1.807, 2.05) is 6.07 Å². The van der Waals surface area contributed by atoms with E-state index in [9.17, 15) is 37.6 Å². The highest BCUT2D eigenvalue weighted by atomic mass is 19.4. The molecule has 0 bridgehead atoms. The Labute approximate surface area is 263 Å². The zero-order chi connectivity index (χ0) is 34.4. The van der Waals surface area contributed by atoms with Gasteiger partial charge in [0, 0.05) is 24.0 Å². The molecule has 46 heavy (non-hydrogen) atoms. The van der Waals surface area contributed by atoms with Gasteiger partial charge in [-0.3, -0.25) is 9.59 Å². The van der Waals surface area contributed by atoms with Crippen LogP contribution < -0.4 is 15.0 Å². The van der Waals surface area contributed by atoms with Gasteiger partial charge in [-0.1, -0.05) is 6.07 Å². The van der Waals surface area contributed by atoms with Crippen molar-refractivity contribution in [2.45, 2.75) is 78.2 Å². The van der Waals surface area contributed by atoms with Crippen LogP contribution in [-0.4, -0.2) is 65.7 Å². The van der Waals surface area contributed by atoms with E-state index in [0.717, 1.165) is 12.1 Å². The van der Waals surface area contributed by atoms with Gasteiger partial charge < -0.3 is 29.2 Å². The number of hydrogen-bond acceptors (Lipinski definition) is 9. The third-order valence-corrected chi connectivity index (χ3v) is 5.97. The van der Waals surface area contributed by atoms with E-state index < -0.39 is 66.4 Å². The van der Waals surface area contributed by atoms with Crippen molar-refractivity contribution in [2.75, 3.05) is 23.4 Å². The molecule has 248 valence electrons. The van der Waals surface area contributed by atoms with Crippen molar-refractivity contribution in [3.8, 4) is 11.8 Å². The molecule has 1 heterocycles. The molecule has 3 rings (SSSR count). The van der Waals surface area contributed by atoms with Crippen molar-refractivity contribution >= 4 is 35.4 Å². The molecule has 1 N–H and O–H groups in total. The van der Waals surface area contributed by atoms with E-state index in [1.165, 1.54) is 35.2 Å². The fourth-order valence-electron chi connectivity index (χ4n) is 4.19. The molecule has 1 aliphatic heterocycles. The number of morpholine rings is 1. The molecule has 2 aromatic rings. The highest BCUT2D eigenvalue weighted by Gasteiger charge is 2.35. The molecule has 0 aliphatic carbocycles. The van der Waals surface area contributed by atoms with Crippen molar-refractivity contribution < 1.29 is 51.3 Å². The van der Waals surface area contributed by atoms with Crippen LogP contribution in [-0.2, 0) is 30.3 Å². The number of rotatable bonds is 7. The largest absolute Gasteiger partial charge is 0.573 e. The summed E-state index contributed by atoms with van der Waals surface area (Å²) >= 11 is 0. The van der Waals surface area contributed by atoms with Gasteiger partial charge in [0.25, 0.3) is 5.91 Å². The van der Waals surface area contributed by atoms with E-state index >= 15 is 0 Å². The Morgan fingerprint density at radius 2 is 1.65 bits per heavy atom. The number of nitrogens with one attached hydrogen (secondary N) is 1. The van der Waals surface area contributed by atoms with E-state index in [0.29, 0.717) is 4.90 Å². The lowest BCUT2D eigenvalue weighted by atomic mass is 10.1. The third-order valence-electron chi connectivity index (χ3n) is 5.97. The van der Waals surface area contributed by atoms with Crippen LogP contribution in [0.1, 0.15) is 59.1 Å². The summed E-state index contributed by atoms with van der Waals surface area (Å²) in [5.74, 6) is -1.80. The van der Waals surface area contributed by atoms with Gasteiger partial charge in [-0.25, -0.2) is 14.5 Å². The smallest absolute Gasteiger partial charge is 0.443 e. The van der Waals surface area contributed by atoms with Gasteiger partial charge in [0.05, 0.1) is 31.2 Å². The van der Waals surface area contributed by atoms with Crippen molar-refractivity contribution in [1.29, 1.82) is 5.26 Å². The maximum absolute atomic E-state index is 13.1. The van der Waals surface area contributed by atoms with E-state index in [4.69, 9.17) is 14.2 Å². The normalized spacial score (nSPS) is 15.4. The number of hydrogen-bond donors (Lipinski definition) is 1. The van der Waals surface area contributed by atoms with Gasteiger partial charge in [0.1, 0.15) is 23.1 Å². The number of alkyl halides is 3. The number of halogens is 3. The average Bonchev–Trinajstić information content (AvgIpc) is 2.90. The minimum atomic E-state index is -4.91. The third kappa shape index (κ3) is 10.7. The SMILES string of the molecule is CC(C)(C)OC(=O)N(Cc1cc(NC(=O)C[C@H]2OCCN(c3cccc(OC(F)(F)F)c3)C2=O)ccc1C#N)C(=O)OC(C)(C)C. The lowest BCUT2D eigenvalue weighted by molar-refractivity contribution is -0.274. The predicted molar refractivity (Wildman–Crippen MR) is 158 cm³/mol. The van der Waals surface area contributed by atoms with Crippen LogP contribution in [0.2, 0.25) is 0 Å². The van der Waals surface area contributed by atoms with Crippen LogP contribution in [0.5, 0.6) is 5.75 Å². The molecule has 0 spiro atoms. The van der Waals surface area contributed by atoms with Crippen molar-refractivity contribution in [2.24, 2.45) is 0 Å². The van der Waals surface area contributed by atoms with Gasteiger partial charge in [-0.15, -0.1) is 13.2 Å². The number of imide groups is 1. The first-order valence-electron chi connectivity index (χ1n) is 14.1. The molecular weight excluding hydrogens is 613 g/mol. The first kappa shape index (κ1) is 35.6. The summed E-state index contributed by atoms with van der Waals surface area (Å²) in [5, 5.41) is 12.3. The fraction of sp³-hybridized carbons (Fsp3) is 0.452. The minimum absolute atomic E-state index is 0.0141. The first-order valence-corrected chi connectivity index (χ1v) is 14.1. The van der Waals surface area contributed by atoms with Gasteiger partial charge >= 0.3 is 18.5 Å². The summed E-state index contributed by atoms with van der Waals surface area (Å²) in [6.45, 7) is 9.35. The molecular formula is C31H35F3N4O8. The maximum Gasteiger partial charge on any atom is 0.573 e. The van der Waals surface area contributed by atoms with E-state index in [2.05, 4.69) is 10.1 Å². The molecule has 0 radical (unpaired) electrons. The van der Waals surface area contributed by atoms with Gasteiger partial charge in [-0.05, 0) is 77.4 Å². The number of amides is 4. The van der Waals surface area contributed by atoms with Crippen LogP contribution in [0.25, 0.3) is 0 Å². The van der Waals surface area contributed by atoms with Gasteiger partial charge in [0.15, 0.2) is 0 Å². The number of nitriles is 1. The predicted octanol–water partition coefficient (Wildman–Crippen LogP) is 5.89. The quantitative estimate of drug-likeness (QED) is 0.388. The summed E-state index contributed by atoms with van der Waals surface area (Å²) < 4.78 is 58.2. The van der Waals surface area contributed by atoms with Crippen molar-refractivity contribution in [3.63, 3.8) is 0 Å². The molecule has 0 aromatic heterocycles. The van der Waals surface area contributed by atoms with Crippen LogP contribution >= 0.6 is 0 Å². The van der Waals surface area contributed by atoms with Crippen LogP contribution in [0.15, 0.2) is 42.5 Å². The number of ether oxygens (including phenoxy) is 4. The molecule has 0 unspecified atom stereocenters. The van der Waals surface area contributed by atoms with E-state index in [1.54, 1.807) is 41.5 Å². The summed E-state index contributed by atoms with van der Waals surface area (Å²) in [7, 11) is 0. The Bertz CT molecular complexity index is 1480. The number of carbonyl (C=O) groups excluding carboxylic acids is 4. The second kappa shape index (κ2) is 14.1. The molecule has 0 saturated carbocycles. The molecule has 1 fully saturated rings. The first-order chi connectivity index (χ1) is 21.2. The zero-order valence-electron chi connectivity index (χ0n) is 26.2. The fourth-order valence-corrected chi connectivity index (χ4v) is 4.19. The highest BCUT2D eigenvalue weighted by Crippen LogP contribution is 2.29. The Hall–Kier alpha value is -4.84. The summed E-state index contributed by atoms with van der Waals surface area (Å²) in [6, 6.07) is 11.1. The molecule has 1 saturated heterocycles. The number of nitrogens with zero attached hydrogens (tertiary/aromatic N) is 3. The van der Waals surface area contributed by atoms with Crippen molar-refractivity contribution in [3.05, 3.63) is 53.6 Å². The zero-order valence-corrected chi connectivity index (χ0v) is 26.2. The standard InChI is InChI=1S/C31H35F3N4O8/c1-29(2,3)45-27(41)38(28(42)46-30(4,5)6)18-20-14-21(11-10-19(20)17-35)36-25(39)16-24-26(40)37(12-13-43-24)22-8-7-9-23(15-22)44-31(32,33)34/h7-11,14-15,24H,12-13,16,18H2,1-6H3,(H,36,39)/t24-/m1/s1. The lowest BCUT2D eigenvalue weighted by Gasteiger charge is -2.32. The average molecular weight is 649 g/mol. The second-order valence-electron chi connectivity index (χ2n) is 12.2. The Morgan fingerprint density at radius 3 is 2.22 bits per heavy atom. The molecule has 2 aromatic carbocycles. The number of benzene rings is 2. The Kier molecular flexibility index (Phi) is 10.9. The van der Waals surface area contributed by atoms with Gasteiger partial charge in [-0.2, -0.15) is 5.26 Å². The maximum atomic E-state index is 13.1. The molecule has 1 atom stereocenters. The van der Waals surface area contributed by atoms with Crippen LogP contribution in [0.4, 0.5) is 34.1 Å². The monoisotopic (exact) mass is 648 g/mol. The molecule has 4 amide bonds. The topological polar surface area (TPSA) is 147 Å². The summed E-state index contributed by atoms with van der Waals surface area (Å²) in [5.41, 5.74) is -1.28. The Balaban J connectivity index is 1.76. The minimum Gasteiger partial charge on any atom is -0.443 e. The Morgan fingerprint density at radius 1 is 1.02 bits per heavy atom. The second-order valence-corrected chi connectivity index (χ2v) is 12.2. The van der Waals surface area contributed by atoms with Gasteiger partial charge in [0.2, 0.25) is 5.91 Å². The highest BCUT2D eigenvalue weighted by molar-refractivity contribution is 6.01. The summed E-state index contributed by atoms with van der Waals surface area (Å²) in [4.78, 5) is 53.9. The lowest BCUT2D eigenvalue weighted by Crippen LogP contribution is -2.49. The van der Waals surface area contributed by atoms with Crippen LogP contribution in [0.3, 0.4) is 0 Å².